The van der Waals surface area contributed by atoms with Crippen LogP contribution < -0.4 is 15.4 Å². The Kier molecular flexibility index (Phi) is 9.03. The molecule has 1 amide bonds. The Labute approximate surface area is 193 Å². The van der Waals surface area contributed by atoms with Crippen molar-refractivity contribution in [3.8, 4) is 5.75 Å². The molecule has 29 heavy (non-hydrogen) atoms. The SMILES string of the molecule is CN(C)C(=O)CNC(=NCc1ccc(Cl)cc1)NC1CCOc2ccccc21.I. The largest absolute Gasteiger partial charge is 0.493 e. The van der Waals surface area contributed by atoms with Crippen LogP contribution in [-0.2, 0) is 11.3 Å². The average molecular weight is 529 g/mol. The number of hydrogen-bond donors (Lipinski definition) is 2. The second kappa shape index (κ2) is 11.3. The fraction of sp³-hybridized carbons (Fsp3) is 0.333. The van der Waals surface area contributed by atoms with Crippen LogP contribution in [0.1, 0.15) is 23.6 Å². The van der Waals surface area contributed by atoms with Crippen molar-refractivity contribution in [1.29, 1.82) is 0 Å². The summed E-state index contributed by atoms with van der Waals surface area (Å²) in [7, 11) is 3.47. The van der Waals surface area contributed by atoms with Gasteiger partial charge in [0.05, 0.1) is 25.7 Å². The van der Waals surface area contributed by atoms with E-state index in [2.05, 4.69) is 15.6 Å². The van der Waals surface area contributed by atoms with E-state index in [0.717, 1.165) is 23.3 Å². The van der Waals surface area contributed by atoms with Crippen LogP contribution >= 0.6 is 35.6 Å². The van der Waals surface area contributed by atoms with Gasteiger partial charge >= 0.3 is 0 Å². The number of para-hydroxylation sites is 1. The number of guanidine groups is 1. The molecule has 156 valence electrons. The number of ether oxygens (including phenoxy) is 1. The molecule has 0 saturated carbocycles. The Bertz CT molecular complexity index is 843. The zero-order valence-corrected chi connectivity index (χ0v) is 19.6. The van der Waals surface area contributed by atoms with Crippen molar-refractivity contribution >= 4 is 47.4 Å². The number of benzene rings is 2. The zero-order valence-electron chi connectivity index (χ0n) is 16.5. The normalized spacial score (nSPS) is 15.4. The molecule has 2 aromatic carbocycles. The van der Waals surface area contributed by atoms with Crippen molar-refractivity contribution in [3.05, 3.63) is 64.7 Å². The number of nitrogens with one attached hydrogen (secondary N) is 2. The van der Waals surface area contributed by atoms with Crippen LogP contribution in [0.2, 0.25) is 5.02 Å². The first-order valence-electron chi connectivity index (χ1n) is 9.24. The van der Waals surface area contributed by atoms with Gasteiger partial charge in [0.2, 0.25) is 5.91 Å². The molecule has 2 N–H and O–H groups in total. The number of nitrogens with zero attached hydrogens (tertiary/aromatic N) is 2. The highest BCUT2D eigenvalue weighted by Crippen LogP contribution is 2.31. The maximum Gasteiger partial charge on any atom is 0.241 e. The number of carbonyl (C=O) groups is 1. The van der Waals surface area contributed by atoms with Gasteiger partial charge in [-0.15, -0.1) is 24.0 Å². The molecule has 6 nitrogen and oxygen atoms in total. The smallest absolute Gasteiger partial charge is 0.241 e. The molecule has 0 spiro atoms. The zero-order chi connectivity index (χ0) is 19.9. The van der Waals surface area contributed by atoms with Crippen molar-refractivity contribution in [3.63, 3.8) is 0 Å². The fourth-order valence-electron chi connectivity index (χ4n) is 2.89. The number of rotatable bonds is 5. The van der Waals surface area contributed by atoms with E-state index in [1.54, 1.807) is 19.0 Å². The standard InChI is InChI=1S/C21H25ClN4O2.HI/c1-26(2)20(27)14-24-21(23-13-15-7-9-16(22)10-8-15)25-18-11-12-28-19-6-4-3-5-17(18)19;/h3-10,18H,11-14H2,1-2H3,(H2,23,24,25);1H. The lowest BCUT2D eigenvalue weighted by atomic mass is 10.0. The summed E-state index contributed by atoms with van der Waals surface area (Å²) in [5, 5.41) is 7.29. The minimum absolute atomic E-state index is 0. The molecule has 1 atom stereocenters. The van der Waals surface area contributed by atoms with E-state index < -0.39 is 0 Å². The third-order valence-corrected chi connectivity index (χ3v) is 4.76. The first kappa shape index (κ1) is 23.3. The number of aliphatic imine (C=N–C) groups is 1. The summed E-state index contributed by atoms with van der Waals surface area (Å²) in [6.07, 6.45) is 0.820. The molecule has 0 saturated heterocycles. The molecule has 1 unspecified atom stereocenters. The first-order chi connectivity index (χ1) is 13.5. The minimum atomic E-state index is -0.0200. The summed E-state index contributed by atoms with van der Waals surface area (Å²) < 4.78 is 5.73. The lowest BCUT2D eigenvalue weighted by Gasteiger charge is -2.28. The second-order valence-corrected chi connectivity index (χ2v) is 7.24. The minimum Gasteiger partial charge on any atom is -0.493 e. The van der Waals surface area contributed by atoms with Crippen molar-refractivity contribution in [1.82, 2.24) is 15.5 Å². The van der Waals surface area contributed by atoms with Crippen LogP contribution in [0, 0.1) is 0 Å². The second-order valence-electron chi connectivity index (χ2n) is 6.80. The summed E-state index contributed by atoms with van der Waals surface area (Å²) in [6.45, 7) is 1.29. The highest BCUT2D eigenvalue weighted by molar-refractivity contribution is 14.0. The third-order valence-electron chi connectivity index (χ3n) is 4.51. The molecule has 1 aliphatic heterocycles. The molecule has 3 rings (SSSR count). The van der Waals surface area contributed by atoms with Gasteiger partial charge in [-0.1, -0.05) is 41.9 Å². The number of likely N-dealkylation sites (N-methyl/N-ethyl adjacent to an activating group) is 1. The van der Waals surface area contributed by atoms with E-state index in [-0.39, 0.29) is 42.5 Å². The van der Waals surface area contributed by atoms with E-state index in [0.29, 0.717) is 24.1 Å². The van der Waals surface area contributed by atoms with Gasteiger partial charge < -0.3 is 20.3 Å². The Morgan fingerprint density at radius 2 is 1.93 bits per heavy atom. The molecule has 2 aromatic rings. The Balaban J connectivity index is 0.00000300. The van der Waals surface area contributed by atoms with Crippen LogP contribution in [0.5, 0.6) is 5.75 Å². The molecular weight excluding hydrogens is 503 g/mol. The number of hydrogen-bond acceptors (Lipinski definition) is 3. The molecule has 1 aliphatic rings. The van der Waals surface area contributed by atoms with Crippen LogP contribution in [-0.4, -0.2) is 44.0 Å². The van der Waals surface area contributed by atoms with Crippen LogP contribution in [0.15, 0.2) is 53.5 Å². The first-order valence-corrected chi connectivity index (χ1v) is 9.62. The summed E-state index contributed by atoms with van der Waals surface area (Å²) >= 11 is 5.95. The topological polar surface area (TPSA) is 66.0 Å². The van der Waals surface area contributed by atoms with E-state index in [1.807, 2.05) is 48.5 Å². The highest BCUT2D eigenvalue weighted by atomic mass is 127. The lowest BCUT2D eigenvalue weighted by molar-refractivity contribution is -0.127. The number of carbonyl (C=O) groups excluding carboxylic acids is 1. The van der Waals surface area contributed by atoms with Gasteiger partial charge in [-0.25, -0.2) is 4.99 Å². The van der Waals surface area contributed by atoms with Gasteiger partial charge in [0.1, 0.15) is 5.75 Å². The molecule has 0 fully saturated rings. The summed E-state index contributed by atoms with van der Waals surface area (Å²) in [6, 6.07) is 15.6. The Hall–Kier alpha value is -2.00. The van der Waals surface area contributed by atoms with E-state index in [9.17, 15) is 4.79 Å². The van der Waals surface area contributed by atoms with Gasteiger partial charge in [-0.3, -0.25) is 4.79 Å². The predicted molar refractivity (Wildman–Crippen MR) is 127 cm³/mol. The van der Waals surface area contributed by atoms with Gasteiger partial charge in [0.15, 0.2) is 5.96 Å². The van der Waals surface area contributed by atoms with Crippen LogP contribution in [0.3, 0.4) is 0 Å². The molecule has 0 bridgehead atoms. The van der Waals surface area contributed by atoms with Gasteiger partial charge in [0.25, 0.3) is 0 Å². The maximum absolute atomic E-state index is 12.0. The maximum atomic E-state index is 12.0. The molecule has 0 aromatic heterocycles. The summed E-state index contributed by atoms with van der Waals surface area (Å²) in [4.78, 5) is 18.2. The third kappa shape index (κ3) is 6.78. The van der Waals surface area contributed by atoms with E-state index >= 15 is 0 Å². The van der Waals surface area contributed by atoms with E-state index in [1.165, 1.54) is 0 Å². The monoisotopic (exact) mass is 528 g/mol. The Morgan fingerprint density at radius 3 is 2.66 bits per heavy atom. The van der Waals surface area contributed by atoms with Crippen molar-refractivity contribution in [2.45, 2.75) is 19.0 Å². The molecular formula is C21H26ClIN4O2. The predicted octanol–water partition coefficient (Wildman–Crippen LogP) is 3.61. The molecule has 0 aliphatic carbocycles. The van der Waals surface area contributed by atoms with Gasteiger partial charge in [0, 0.05) is 31.1 Å². The highest BCUT2D eigenvalue weighted by Gasteiger charge is 2.22. The summed E-state index contributed by atoms with van der Waals surface area (Å²) in [5.74, 6) is 1.45. The molecule has 0 radical (unpaired) electrons. The van der Waals surface area contributed by atoms with Crippen molar-refractivity contribution < 1.29 is 9.53 Å². The number of amides is 1. The fourth-order valence-corrected chi connectivity index (χ4v) is 3.01. The van der Waals surface area contributed by atoms with E-state index in [4.69, 9.17) is 16.3 Å². The van der Waals surface area contributed by atoms with Gasteiger partial charge in [-0.05, 0) is 23.8 Å². The average Bonchev–Trinajstić information content (AvgIpc) is 2.71. The lowest BCUT2D eigenvalue weighted by Crippen LogP contribution is -2.45. The van der Waals surface area contributed by atoms with Gasteiger partial charge in [-0.2, -0.15) is 0 Å². The van der Waals surface area contributed by atoms with Crippen LogP contribution in [0.4, 0.5) is 0 Å². The quantitative estimate of drug-likeness (QED) is 0.354. The summed E-state index contributed by atoms with van der Waals surface area (Å²) in [5.41, 5.74) is 2.13. The molecule has 8 heteroatoms. The Morgan fingerprint density at radius 1 is 1.21 bits per heavy atom. The van der Waals surface area contributed by atoms with Crippen molar-refractivity contribution in [2.75, 3.05) is 27.2 Å². The van der Waals surface area contributed by atoms with Crippen LogP contribution in [0.25, 0.3) is 0 Å². The number of fused-ring (bicyclic) bond motifs is 1. The van der Waals surface area contributed by atoms with Crippen molar-refractivity contribution in [2.24, 2.45) is 4.99 Å². The molecule has 1 heterocycles. The number of halogens is 2.